The minimum absolute atomic E-state index is 0.272. The molecule has 1 rings (SSSR count). The van der Waals surface area contributed by atoms with Gasteiger partial charge in [0, 0.05) is 13.1 Å². The zero-order chi connectivity index (χ0) is 15.2. The Morgan fingerprint density at radius 2 is 2.05 bits per heavy atom. The lowest BCUT2D eigenvalue weighted by Gasteiger charge is -2.14. The molecule has 0 radical (unpaired) electrons. The highest BCUT2D eigenvalue weighted by molar-refractivity contribution is 7.90. The van der Waals surface area contributed by atoms with Gasteiger partial charge >= 0.3 is 0 Å². The van der Waals surface area contributed by atoms with Crippen molar-refractivity contribution in [1.82, 2.24) is 10.0 Å². The second-order valence-corrected chi connectivity index (χ2v) is 7.06. The third-order valence-electron chi connectivity index (χ3n) is 3.21. The summed E-state index contributed by atoms with van der Waals surface area (Å²) < 4.78 is 39.5. The summed E-state index contributed by atoms with van der Waals surface area (Å²) in [6, 6.07) is 4.54. The van der Waals surface area contributed by atoms with Gasteiger partial charge in [0.15, 0.2) is 0 Å². The molecule has 0 aromatic heterocycles. The Balaban J connectivity index is 2.50. The number of rotatable bonds is 8. The van der Waals surface area contributed by atoms with Crippen molar-refractivity contribution in [2.75, 3.05) is 19.6 Å². The molecule has 1 atom stereocenters. The van der Waals surface area contributed by atoms with Crippen molar-refractivity contribution in [1.29, 1.82) is 0 Å². The summed E-state index contributed by atoms with van der Waals surface area (Å²) in [7, 11) is -3.31. The van der Waals surface area contributed by atoms with Gasteiger partial charge in [-0.05, 0) is 50.1 Å². The lowest BCUT2D eigenvalue weighted by Crippen LogP contribution is -2.39. The van der Waals surface area contributed by atoms with Crippen LogP contribution in [0.2, 0.25) is 0 Å². The maximum Gasteiger partial charge on any atom is 0.215 e. The van der Waals surface area contributed by atoms with Gasteiger partial charge in [0.05, 0.1) is 5.25 Å². The zero-order valence-electron chi connectivity index (χ0n) is 12.2. The summed E-state index contributed by atoms with van der Waals surface area (Å²) in [6.07, 6.45) is 0.555. The van der Waals surface area contributed by atoms with E-state index in [4.69, 9.17) is 0 Å². The zero-order valence-corrected chi connectivity index (χ0v) is 13.1. The fraction of sp³-hybridized carbons (Fsp3) is 0.571. The highest BCUT2D eigenvalue weighted by Gasteiger charge is 2.19. The third-order valence-corrected chi connectivity index (χ3v) is 5.05. The summed E-state index contributed by atoms with van der Waals surface area (Å²) in [4.78, 5) is 0. The molecule has 20 heavy (non-hydrogen) atoms. The molecule has 0 bridgehead atoms. The van der Waals surface area contributed by atoms with Crippen molar-refractivity contribution in [3.05, 3.63) is 35.1 Å². The van der Waals surface area contributed by atoms with Crippen molar-refractivity contribution in [2.45, 2.75) is 32.4 Å². The van der Waals surface area contributed by atoms with Crippen LogP contribution < -0.4 is 10.0 Å². The predicted octanol–water partition coefficient (Wildman–Crippen LogP) is 1.59. The van der Waals surface area contributed by atoms with Gasteiger partial charge in [0.25, 0.3) is 0 Å². The van der Waals surface area contributed by atoms with Crippen LogP contribution in [0.1, 0.15) is 25.0 Å². The first-order valence-electron chi connectivity index (χ1n) is 6.81. The Kier molecular flexibility index (Phi) is 6.58. The average molecular weight is 302 g/mol. The Hall–Kier alpha value is -0.980. The van der Waals surface area contributed by atoms with Crippen LogP contribution in [0, 0.1) is 12.7 Å². The van der Waals surface area contributed by atoms with Crippen molar-refractivity contribution >= 4 is 10.0 Å². The Bertz CT molecular complexity index is 532. The number of aryl methyl sites for hydroxylation is 1. The van der Waals surface area contributed by atoms with Crippen molar-refractivity contribution in [2.24, 2.45) is 0 Å². The Labute approximate surface area is 120 Å². The number of nitrogens with one attached hydrogen (secondary N) is 2. The molecule has 4 nitrogen and oxygen atoms in total. The van der Waals surface area contributed by atoms with Crippen molar-refractivity contribution in [3.63, 3.8) is 0 Å². The van der Waals surface area contributed by atoms with Gasteiger partial charge in [-0.15, -0.1) is 0 Å². The standard InChI is InChI=1S/C14H23FN2O2S/c1-4-16-10-12(3)20(18,19)17-8-7-13-5-6-14(15)9-11(13)2/h5-6,9,12,16-17H,4,7-8,10H2,1-3H3. The first kappa shape index (κ1) is 17.1. The maximum atomic E-state index is 13.0. The van der Waals surface area contributed by atoms with Crippen molar-refractivity contribution < 1.29 is 12.8 Å². The van der Waals surface area contributed by atoms with Crippen molar-refractivity contribution in [3.8, 4) is 0 Å². The van der Waals surface area contributed by atoms with E-state index in [9.17, 15) is 12.8 Å². The molecule has 0 aliphatic carbocycles. The molecule has 0 aliphatic rings. The summed E-state index contributed by atoms with van der Waals surface area (Å²) in [6.45, 7) is 6.93. The van der Waals surface area contributed by atoms with E-state index in [0.29, 0.717) is 19.5 Å². The van der Waals surface area contributed by atoms with E-state index in [2.05, 4.69) is 10.0 Å². The number of benzene rings is 1. The first-order valence-corrected chi connectivity index (χ1v) is 8.35. The largest absolute Gasteiger partial charge is 0.316 e. The summed E-state index contributed by atoms with van der Waals surface area (Å²) in [5.74, 6) is -0.272. The minimum atomic E-state index is -3.31. The van der Waals surface area contributed by atoms with Crippen LogP contribution in [0.25, 0.3) is 0 Å². The molecule has 114 valence electrons. The smallest absolute Gasteiger partial charge is 0.215 e. The van der Waals surface area contributed by atoms with E-state index < -0.39 is 15.3 Å². The Morgan fingerprint density at radius 1 is 1.35 bits per heavy atom. The van der Waals surface area contributed by atoms with Crippen LogP contribution in [0.15, 0.2) is 18.2 Å². The predicted molar refractivity (Wildman–Crippen MR) is 79.8 cm³/mol. The van der Waals surface area contributed by atoms with Crippen LogP contribution in [0.3, 0.4) is 0 Å². The van der Waals surface area contributed by atoms with E-state index in [1.165, 1.54) is 12.1 Å². The molecule has 1 aromatic carbocycles. The van der Waals surface area contributed by atoms with Gasteiger partial charge < -0.3 is 5.32 Å². The molecule has 1 aromatic rings. The van der Waals surface area contributed by atoms with Crippen LogP contribution in [0.5, 0.6) is 0 Å². The van der Waals surface area contributed by atoms with Crippen LogP contribution >= 0.6 is 0 Å². The van der Waals surface area contributed by atoms with E-state index in [1.54, 1.807) is 13.0 Å². The van der Waals surface area contributed by atoms with Gasteiger partial charge in [0.2, 0.25) is 10.0 Å². The second-order valence-electron chi connectivity index (χ2n) is 4.88. The fourth-order valence-corrected chi connectivity index (χ4v) is 2.88. The molecule has 0 heterocycles. The van der Waals surface area contributed by atoms with Gasteiger partial charge in [0.1, 0.15) is 5.82 Å². The monoisotopic (exact) mass is 302 g/mol. The van der Waals surface area contributed by atoms with E-state index in [0.717, 1.165) is 17.7 Å². The van der Waals surface area contributed by atoms with E-state index in [1.807, 2.05) is 13.8 Å². The van der Waals surface area contributed by atoms with E-state index >= 15 is 0 Å². The quantitative estimate of drug-likeness (QED) is 0.767. The summed E-state index contributed by atoms with van der Waals surface area (Å²) in [5, 5.41) is 2.54. The van der Waals surface area contributed by atoms with Crippen LogP contribution in [-0.4, -0.2) is 33.3 Å². The number of hydrogen-bond acceptors (Lipinski definition) is 3. The van der Waals surface area contributed by atoms with Gasteiger partial charge in [-0.2, -0.15) is 0 Å². The first-order chi connectivity index (χ1) is 9.36. The Morgan fingerprint density at radius 3 is 2.65 bits per heavy atom. The molecule has 0 amide bonds. The third kappa shape index (κ3) is 5.19. The topological polar surface area (TPSA) is 58.2 Å². The number of sulfonamides is 1. The second kappa shape index (κ2) is 7.71. The molecule has 2 N–H and O–H groups in total. The number of hydrogen-bond donors (Lipinski definition) is 2. The highest BCUT2D eigenvalue weighted by atomic mass is 32.2. The molecule has 0 aliphatic heterocycles. The number of halogens is 1. The minimum Gasteiger partial charge on any atom is -0.316 e. The lowest BCUT2D eigenvalue weighted by molar-refractivity contribution is 0.560. The molecular formula is C14H23FN2O2S. The summed E-state index contributed by atoms with van der Waals surface area (Å²) in [5.41, 5.74) is 1.79. The normalized spacial score (nSPS) is 13.4. The maximum absolute atomic E-state index is 13.0. The average Bonchev–Trinajstić information content (AvgIpc) is 2.38. The van der Waals surface area contributed by atoms with Crippen LogP contribution in [-0.2, 0) is 16.4 Å². The fourth-order valence-electron chi connectivity index (χ4n) is 1.87. The summed E-state index contributed by atoms with van der Waals surface area (Å²) >= 11 is 0. The van der Waals surface area contributed by atoms with Crippen LogP contribution in [0.4, 0.5) is 4.39 Å². The lowest BCUT2D eigenvalue weighted by atomic mass is 10.1. The van der Waals surface area contributed by atoms with Gasteiger partial charge in [-0.3, -0.25) is 0 Å². The highest BCUT2D eigenvalue weighted by Crippen LogP contribution is 2.10. The molecule has 1 unspecified atom stereocenters. The van der Waals surface area contributed by atoms with Gasteiger partial charge in [-0.1, -0.05) is 13.0 Å². The molecule has 0 spiro atoms. The molecule has 0 fully saturated rings. The van der Waals surface area contributed by atoms with Gasteiger partial charge in [-0.25, -0.2) is 17.5 Å². The molecule has 0 saturated carbocycles. The molecule has 0 saturated heterocycles. The SMILES string of the molecule is CCNCC(C)S(=O)(=O)NCCc1ccc(F)cc1C. The molecule has 6 heteroatoms. The van der Waals surface area contributed by atoms with E-state index in [-0.39, 0.29) is 5.82 Å². The molecular weight excluding hydrogens is 279 g/mol.